The lowest BCUT2D eigenvalue weighted by Crippen LogP contribution is -2.46. The summed E-state index contributed by atoms with van der Waals surface area (Å²) in [7, 11) is 0. The third-order valence-corrected chi connectivity index (χ3v) is 4.99. The average molecular weight is 405 g/mol. The van der Waals surface area contributed by atoms with Gasteiger partial charge >= 0.3 is 11.7 Å². The quantitative estimate of drug-likeness (QED) is 0.671. The zero-order valence-electron chi connectivity index (χ0n) is 16.4. The topological polar surface area (TPSA) is 105 Å². The Morgan fingerprint density at radius 1 is 1.03 bits per heavy atom. The summed E-state index contributed by atoms with van der Waals surface area (Å²) in [5, 5.41) is 5.92. The molecule has 30 heavy (non-hydrogen) atoms. The minimum atomic E-state index is -0.305. The summed E-state index contributed by atoms with van der Waals surface area (Å²) in [4.78, 5) is 38.6. The zero-order chi connectivity index (χ0) is 20.8. The van der Waals surface area contributed by atoms with Gasteiger partial charge in [-0.15, -0.1) is 0 Å². The maximum absolute atomic E-state index is 12.4. The van der Waals surface area contributed by atoms with Crippen LogP contribution in [0.1, 0.15) is 18.4 Å². The van der Waals surface area contributed by atoms with Crippen LogP contribution in [0.5, 0.6) is 0 Å². The van der Waals surface area contributed by atoms with Crippen molar-refractivity contribution < 1.29 is 4.79 Å². The number of urea groups is 1. The molecule has 1 saturated heterocycles. The van der Waals surface area contributed by atoms with Crippen molar-refractivity contribution in [1.29, 1.82) is 0 Å². The predicted molar refractivity (Wildman–Crippen MR) is 113 cm³/mol. The number of hydrogen-bond donors (Lipinski definition) is 2. The van der Waals surface area contributed by atoms with Gasteiger partial charge in [-0.2, -0.15) is 0 Å². The van der Waals surface area contributed by atoms with Gasteiger partial charge in [-0.05, 0) is 42.7 Å². The van der Waals surface area contributed by atoms with Gasteiger partial charge in [-0.25, -0.2) is 24.5 Å². The van der Waals surface area contributed by atoms with Gasteiger partial charge in [0.25, 0.3) is 0 Å². The lowest BCUT2D eigenvalue weighted by atomic mass is 10.1. The third-order valence-electron chi connectivity index (χ3n) is 4.99. The normalized spacial score (nSPS) is 14.3. The molecule has 1 aromatic carbocycles. The van der Waals surface area contributed by atoms with E-state index < -0.39 is 0 Å². The number of piperidine rings is 1. The van der Waals surface area contributed by atoms with Crippen LogP contribution in [-0.4, -0.2) is 44.7 Å². The molecule has 2 N–H and O–H groups in total. The van der Waals surface area contributed by atoms with Gasteiger partial charge in [0.05, 0.1) is 6.54 Å². The summed E-state index contributed by atoms with van der Waals surface area (Å²) in [5.74, 6) is 0.727. The predicted octanol–water partition coefficient (Wildman–Crippen LogP) is 1.87. The van der Waals surface area contributed by atoms with E-state index in [9.17, 15) is 9.59 Å². The number of amides is 2. The molecule has 0 bridgehead atoms. The van der Waals surface area contributed by atoms with Gasteiger partial charge in [-0.3, -0.25) is 4.57 Å². The molecule has 0 spiro atoms. The fourth-order valence-electron chi connectivity index (χ4n) is 3.48. The molecule has 0 radical (unpaired) electrons. The molecule has 2 amide bonds. The molecule has 0 atom stereocenters. The van der Waals surface area contributed by atoms with Crippen molar-refractivity contribution in [2.75, 3.05) is 23.3 Å². The van der Waals surface area contributed by atoms with E-state index in [0.29, 0.717) is 12.2 Å². The summed E-state index contributed by atoms with van der Waals surface area (Å²) in [6.45, 7) is 1.98. The maximum atomic E-state index is 12.4. The van der Waals surface area contributed by atoms with E-state index in [0.717, 1.165) is 37.4 Å². The van der Waals surface area contributed by atoms with E-state index in [1.807, 2.05) is 24.3 Å². The summed E-state index contributed by atoms with van der Waals surface area (Å²) in [6.07, 6.45) is 8.29. The van der Waals surface area contributed by atoms with Crippen LogP contribution in [0.25, 0.3) is 0 Å². The Balaban J connectivity index is 1.29. The standard InChI is InChI=1S/C21H23N7O2/c29-20(25-17-6-12-27(13-7-17)19-22-8-2-9-23-19)26-18-5-1-4-16(14-18)15-28-11-3-10-24-21(28)30/h1-5,8-11,14,17H,6-7,12-13,15H2,(H2,25,26,29). The molecular formula is C21H23N7O2. The van der Waals surface area contributed by atoms with Crippen LogP contribution in [0, 0.1) is 0 Å². The van der Waals surface area contributed by atoms with Gasteiger partial charge in [0.15, 0.2) is 0 Å². The van der Waals surface area contributed by atoms with Crippen LogP contribution in [0.2, 0.25) is 0 Å². The Kier molecular flexibility index (Phi) is 5.98. The second-order valence-corrected chi connectivity index (χ2v) is 7.14. The number of rotatable bonds is 5. The minimum absolute atomic E-state index is 0.0992. The van der Waals surface area contributed by atoms with Crippen LogP contribution in [0.4, 0.5) is 16.4 Å². The molecule has 2 aromatic heterocycles. The number of carbonyl (C=O) groups excluding carboxylic acids is 1. The Bertz CT molecular complexity index is 1050. The largest absolute Gasteiger partial charge is 0.347 e. The second kappa shape index (κ2) is 9.17. The van der Waals surface area contributed by atoms with Gasteiger partial charge in [0.2, 0.25) is 5.95 Å². The molecule has 0 aliphatic carbocycles. The van der Waals surface area contributed by atoms with E-state index in [1.54, 1.807) is 30.7 Å². The second-order valence-electron chi connectivity index (χ2n) is 7.14. The lowest BCUT2D eigenvalue weighted by Gasteiger charge is -2.32. The van der Waals surface area contributed by atoms with Gasteiger partial charge in [-0.1, -0.05) is 12.1 Å². The van der Waals surface area contributed by atoms with Crippen molar-refractivity contribution in [2.45, 2.75) is 25.4 Å². The highest BCUT2D eigenvalue weighted by Gasteiger charge is 2.22. The molecule has 4 rings (SSSR count). The van der Waals surface area contributed by atoms with Crippen LogP contribution >= 0.6 is 0 Å². The van der Waals surface area contributed by atoms with Crippen molar-refractivity contribution in [3.8, 4) is 0 Å². The summed E-state index contributed by atoms with van der Waals surface area (Å²) in [5.41, 5.74) is 1.27. The number of anilines is 2. The highest BCUT2D eigenvalue weighted by molar-refractivity contribution is 5.89. The van der Waals surface area contributed by atoms with Gasteiger partial charge in [0.1, 0.15) is 0 Å². The monoisotopic (exact) mass is 405 g/mol. The van der Waals surface area contributed by atoms with Crippen molar-refractivity contribution in [1.82, 2.24) is 24.8 Å². The fourth-order valence-corrected chi connectivity index (χ4v) is 3.48. The Morgan fingerprint density at radius 3 is 2.57 bits per heavy atom. The lowest BCUT2D eigenvalue weighted by molar-refractivity contribution is 0.246. The number of benzene rings is 1. The first kappa shape index (κ1) is 19.6. The van der Waals surface area contributed by atoms with Gasteiger partial charge in [0, 0.05) is 49.6 Å². The highest BCUT2D eigenvalue weighted by atomic mass is 16.2. The summed E-state index contributed by atoms with van der Waals surface area (Å²) >= 11 is 0. The number of aromatic nitrogens is 4. The third kappa shape index (κ3) is 4.99. The minimum Gasteiger partial charge on any atom is -0.341 e. The molecule has 1 aliphatic rings. The fraction of sp³-hybridized carbons (Fsp3) is 0.286. The molecule has 0 saturated carbocycles. The number of carbonyl (C=O) groups is 1. The first-order valence-electron chi connectivity index (χ1n) is 9.87. The molecule has 154 valence electrons. The van der Waals surface area contributed by atoms with E-state index in [2.05, 4.69) is 30.5 Å². The summed E-state index contributed by atoms with van der Waals surface area (Å²) < 4.78 is 1.52. The maximum Gasteiger partial charge on any atom is 0.347 e. The molecule has 0 unspecified atom stereocenters. The van der Waals surface area contributed by atoms with E-state index in [4.69, 9.17) is 0 Å². The molecular weight excluding hydrogens is 382 g/mol. The molecule has 3 aromatic rings. The van der Waals surface area contributed by atoms with Crippen molar-refractivity contribution in [2.24, 2.45) is 0 Å². The van der Waals surface area contributed by atoms with Crippen molar-refractivity contribution in [3.63, 3.8) is 0 Å². The molecule has 9 nitrogen and oxygen atoms in total. The summed E-state index contributed by atoms with van der Waals surface area (Å²) in [6, 6.07) is 10.8. The first-order valence-corrected chi connectivity index (χ1v) is 9.87. The molecule has 1 fully saturated rings. The number of nitrogens with one attached hydrogen (secondary N) is 2. The van der Waals surface area contributed by atoms with Gasteiger partial charge < -0.3 is 15.5 Å². The van der Waals surface area contributed by atoms with Crippen molar-refractivity contribution in [3.05, 3.63) is 77.2 Å². The van der Waals surface area contributed by atoms with Crippen LogP contribution in [0.15, 0.2) is 66.0 Å². The first-order chi connectivity index (χ1) is 14.7. The van der Waals surface area contributed by atoms with Crippen LogP contribution in [0.3, 0.4) is 0 Å². The van der Waals surface area contributed by atoms with Crippen LogP contribution < -0.4 is 21.2 Å². The Morgan fingerprint density at radius 2 is 1.80 bits per heavy atom. The van der Waals surface area contributed by atoms with E-state index in [1.165, 1.54) is 10.8 Å². The molecule has 1 aliphatic heterocycles. The van der Waals surface area contributed by atoms with Crippen LogP contribution in [-0.2, 0) is 6.54 Å². The molecule has 9 heteroatoms. The van der Waals surface area contributed by atoms with E-state index >= 15 is 0 Å². The van der Waals surface area contributed by atoms with Crippen molar-refractivity contribution >= 4 is 17.7 Å². The number of nitrogens with zero attached hydrogens (tertiary/aromatic N) is 5. The van der Waals surface area contributed by atoms with E-state index in [-0.39, 0.29) is 17.8 Å². The average Bonchev–Trinajstić information content (AvgIpc) is 2.77. The number of hydrogen-bond acceptors (Lipinski definition) is 6. The SMILES string of the molecule is O=C(Nc1cccc(Cn2cccnc2=O)c1)NC1CCN(c2ncccn2)CC1. The Hall–Kier alpha value is -3.75. The highest BCUT2D eigenvalue weighted by Crippen LogP contribution is 2.16. The zero-order valence-corrected chi connectivity index (χ0v) is 16.4. The smallest absolute Gasteiger partial charge is 0.341 e. The molecule has 3 heterocycles. The Labute approximate surface area is 173 Å².